The number of nitrogens with zero attached hydrogens (tertiary/aromatic N) is 1. The van der Waals surface area contributed by atoms with Crippen molar-refractivity contribution in [1.29, 1.82) is 0 Å². The summed E-state index contributed by atoms with van der Waals surface area (Å²) in [5.74, 6) is 0.0789. The molecular weight excluding hydrogens is 659 g/mol. The Labute approximate surface area is 289 Å². The molecule has 3 unspecified atom stereocenters. The molecule has 4 aromatic carbocycles. The van der Waals surface area contributed by atoms with Crippen LogP contribution in [0.25, 0.3) is 0 Å². The number of carbonyl (C=O) groups is 4. The third kappa shape index (κ3) is 6.64. The van der Waals surface area contributed by atoms with Gasteiger partial charge in [0, 0.05) is 10.8 Å². The molecule has 9 nitrogen and oxygen atoms in total. The Hall–Kier alpha value is -4.76. The summed E-state index contributed by atoms with van der Waals surface area (Å²) in [4.78, 5) is 54.8. The highest BCUT2D eigenvalue weighted by Gasteiger charge is 2.61. The van der Waals surface area contributed by atoms with E-state index in [4.69, 9.17) is 9.47 Å². The molecule has 0 aromatic heterocycles. The van der Waals surface area contributed by atoms with Crippen molar-refractivity contribution in [2.24, 2.45) is 0 Å². The van der Waals surface area contributed by atoms with Crippen molar-refractivity contribution in [2.75, 3.05) is 13.7 Å². The fraction of sp³-hybridized carbons (Fsp3) is 0.211. The highest BCUT2D eigenvalue weighted by Crippen LogP contribution is 2.60. The number of hydrogen-bond acceptors (Lipinski definition) is 8. The standard InChI is InChI=1S/C38H35N2O7PS/c1-25(41)34(43)35-30(24-48(27-17-9-4-10-18-27,28-19-11-5-12-20-28)29-21-13-6-14-22-29)33(38(45)46-2)40-36(44)32(37(40)49-35)39-31(42)23-47-26-15-7-3-8-16-26/h3-22,24,32-35,37H,23H2,1-2H3,(H,39,42)/b30-24-/t32-,33?,34?,35?,37-/m1/s1. The Balaban J connectivity index is 1.47. The van der Waals surface area contributed by atoms with Gasteiger partial charge in [0.1, 0.15) is 46.1 Å². The lowest BCUT2D eigenvalue weighted by molar-refractivity contribution is -0.400. The molecule has 2 aliphatic heterocycles. The predicted molar refractivity (Wildman–Crippen MR) is 189 cm³/mol. The largest absolute Gasteiger partial charge is 0.845 e. The zero-order valence-corrected chi connectivity index (χ0v) is 28.6. The number of para-hydroxylation sites is 1. The van der Waals surface area contributed by atoms with E-state index in [1.54, 1.807) is 24.3 Å². The van der Waals surface area contributed by atoms with E-state index in [9.17, 15) is 24.3 Å². The first-order valence-corrected chi connectivity index (χ1v) is 18.5. The molecule has 0 spiro atoms. The number of nitrogens with one attached hydrogen (secondary N) is 1. The quantitative estimate of drug-likeness (QED) is 0.144. The lowest BCUT2D eigenvalue weighted by atomic mass is 9.93. The van der Waals surface area contributed by atoms with E-state index in [1.165, 1.54) is 18.9 Å². The number of carbonyl (C=O) groups excluding carboxylic acids is 4. The normalized spacial score (nSPS) is 21.6. The summed E-state index contributed by atoms with van der Waals surface area (Å²) in [6, 6.07) is 36.0. The summed E-state index contributed by atoms with van der Waals surface area (Å²) in [6.45, 7) is 0.894. The molecule has 2 heterocycles. The van der Waals surface area contributed by atoms with Crippen molar-refractivity contribution in [3.8, 4) is 5.75 Å². The first-order chi connectivity index (χ1) is 23.8. The maximum atomic E-state index is 13.9. The summed E-state index contributed by atoms with van der Waals surface area (Å²) in [5.41, 5.74) is 0.332. The van der Waals surface area contributed by atoms with E-state index in [2.05, 4.69) is 5.32 Å². The van der Waals surface area contributed by atoms with Gasteiger partial charge in [0.2, 0.25) is 5.91 Å². The van der Waals surface area contributed by atoms with Gasteiger partial charge in [-0.15, -0.1) is 11.8 Å². The molecule has 6 rings (SSSR count). The fourth-order valence-corrected chi connectivity index (χ4v) is 12.1. The van der Waals surface area contributed by atoms with Gasteiger partial charge in [-0.2, -0.15) is 0 Å². The van der Waals surface area contributed by atoms with Crippen molar-refractivity contribution >= 4 is 58.5 Å². The number of thioether (sulfide) groups is 1. The molecule has 2 saturated heterocycles. The molecule has 11 heteroatoms. The van der Waals surface area contributed by atoms with E-state index >= 15 is 0 Å². The number of esters is 1. The topological polar surface area (TPSA) is 125 Å². The van der Waals surface area contributed by atoms with E-state index in [1.807, 2.05) is 103 Å². The number of ether oxygens (including phenoxy) is 2. The second kappa shape index (κ2) is 14.8. The van der Waals surface area contributed by atoms with E-state index in [0.29, 0.717) is 11.3 Å². The van der Waals surface area contributed by atoms with Gasteiger partial charge < -0.3 is 29.6 Å². The number of β-lactam (4-membered cyclic amide) rings is 1. The van der Waals surface area contributed by atoms with Gasteiger partial charge in [0.05, 0.1) is 12.9 Å². The SMILES string of the molecule is COC(=O)C1/C(=C/[P+](c2ccccc2)(c2ccccc2)c2ccccc2)C(C([O-])C(C)=O)S[C@@H]2[C@H](NC(=O)COc3ccccc3)C(=O)N12. The third-order valence-corrected chi connectivity index (χ3v) is 14.3. The minimum Gasteiger partial charge on any atom is -0.845 e. The van der Waals surface area contributed by atoms with Gasteiger partial charge in [-0.05, 0) is 61.6 Å². The second-order valence-corrected chi connectivity index (χ2v) is 16.2. The third-order valence-electron chi connectivity index (χ3n) is 8.65. The number of benzene rings is 4. The van der Waals surface area contributed by atoms with E-state index < -0.39 is 59.6 Å². The van der Waals surface area contributed by atoms with Crippen LogP contribution < -0.4 is 31.1 Å². The average Bonchev–Trinajstić information content (AvgIpc) is 3.15. The minimum absolute atomic E-state index is 0.332. The van der Waals surface area contributed by atoms with Gasteiger partial charge in [0.15, 0.2) is 12.6 Å². The number of ketones is 1. The maximum Gasteiger partial charge on any atom is 0.333 e. The lowest BCUT2D eigenvalue weighted by Crippen LogP contribution is -2.76. The van der Waals surface area contributed by atoms with E-state index in [-0.39, 0.29) is 6.61 Å². The molecule has 0 saturated carbocycles. The van der Waals surface area contributed by atoms with Crippen molar-refractivity contribution in [2.45, 2.75) is 35.7 Å². The summed E-state index contributed by atoms with van der Waals surface area (Å²) in [6.07, 6.45) is -1.76. The van der Waals surface area contributed by atoms with Gasteiger partial charge in [-0.25, -0.2) is 4.79 Å². The summed E-state index contributed by atoms with van der Waals surface area (Å²) >= 11 is 1.11. The molecule has 2 fully saturated rings. The molecule has 49 heavy (non-hydrogen) atoms. The van der Waals surface area contributed by atoms with Crippen LogP contribution in [0.4, 0.5) is 0 Å². The summed E-state index contributed by atoms with van der Waals surface area (Å²) in [7, 11) is -1.57. The second-order valence-electron chi connectivity index (χ2n) is 11.7. The molecule has 250 valence electrons. The van der Waals surface area contributed by atoms with Crippen LogP contribution in [0.2, 0.25) is 0 Å². The van der Waals surface area contributed by atoms with Gasteiger partial charge in [0.25, 0.3) is 5.91 Å². The zero-order chi connectivity index (χ0) is 34.5. The number of Topliss-reactive ketones (excluding diaryl/α,β-unsaturated/α-hetero) is 1. The molecule has 2 amide bonds. The summed E-state index contributed by atoms with van der Waals surface area (Å²) < 4.78 is 10.8. The Kier molecular flexibility index (Phi) is 10.3. The minimum atomic E-state index is -2.79. The number of methoxy groups -OCH3 is 1. The monoisotopic (exact) mass is 694 g/mol. The Morgan fingerprint density at radius 3 is 1.82 bits per heavy atom. The van der Waals surface area contributed by atoms with Crippen LogP contribution in [-0.4, -0.2) is 71.0 Å². The Morgan fingerprint density at radius 1 is 0.857 bits per heavy atom. The molecule has 0 bridgehead atoms. The van der Waals surface area contributed by atoms with Crippen molar-refractivity contribution in [3.63, 3.8) is 0 Å². The first kappa shape index (κ1) is 34.1. The molecule has 5 atom stereocenters. The van der Waals surface area contributed by atoms with Crippen LogP contribution in [0.3, 0.4) is 0 Å². The zero-order valence-electron chi connectivity index (χ0n) is 26.9. The first-order valence-electron chi connectivity index (χ1n) is 15.7. The average molecular weight is 695 g/mol. The van der Waals surface area contributed by atoms with Crippen molar-refractivity contribution < 1.29 is 33.8 Å². The summed E-state index contributed by atoms with van der Waals surface area (Å²) in [5, 5.41) is 17.7. The van der Waals surface area contributed by atoms with Crippen LogP contribution in [0.1, 0.15) is 6.92 Å². The smallest absolute Gasteiger partial charge is 0.333 e. The highest BCUT2D eigenvalue weighted by atomic mass is 32.2. The van der Waals surface area contributed by atoms with Crippen LogP contribution >= 0.6 is 19.0 Å². The molecule has 4 aromatic rings. The Morgan fingerprint density at radius 2 is 1.35 bits per heavy atom. The number of fused-ring (bicyclic) bond motifs is 1. The van der Waals surface area contributed by atoms with Crippen molar-refractivity contribution in [3.05, 3.63) is 133 Å². The maximum absolute atomic E-state index is 13.9. The molecule has 0 radical (unpaired) electrons. The number of rotatable bonds is 11. The van der Waals surface area contributed by atoms with Gasteiger partial charge >= 0.3 is 5.97 Å². The number of hydrogen-bond donors (Lipinski definition) is 1. The lowest BCUT2D eigenvalue weighted by Gasteiger charge is -2.56. The van der Waals surface area contributed by atoms with Crippen LogP contribution in [0.5, 0.6) is 5.75 Å². The van der Waals surface area contributed by atoms with Crippen molar-refractivity contribution in [1.82, 2.24) is 10.2 Å². The number of amides is 2. The molecule has 1 N–H and O–H groups in total. The predicted octanol–water partition coefficient (Wildman–Crippen LogP) is 2.57. The molecule has 0 aliphatic carbocycles. The van der Waals surface area contributed by atoms with Gasteiger partial charge in [-0.1, -0.05) is 72.8 Å². The van der Waals surface area contributed by atoms with Crippen LogP contribution in [0.15, 0.2) is 133 Å². The van der Waals surface area contributed by atoms with E-state index in [0.717, 1.165) is 27.7 Å². The molecule has 2 aliphatic rings. The van der Waals surface area contributed by atoms with Crippen LogP contribution in [0, 0.1) is 0 Å². The highest BCUT2D eigenvalue weighted by molar-refractivity contribution is 8.01. The van der Waals surface area contributed by atoms with Crippen LogP contribution in [-0.2, 0) is 23.9 Å². The fourth-order valence-electron chi connectivity index (χ4n) is 6.31. The molecular formula is C38H35N2O7PS. The van der Waals surface area contributed by atoms with Gasteiger partial charge in [-0.3, -0.25) is 9.59 Å². The Bertz CT molecular complexity index is 1750.